The molecule has 5 heteroatoms. The fourth-order valence-electron chi connectivity index (χ4n) is 3.80. The number of rotatable bonds is 6. The van der Waals surface area contributed by atoms with Crippen LogP contribution in [0.25, 0.3) is 10.9 Å². The minimum atomic E-state index is -0.558. The fraction of sp³-hybridized carbons (Fsp3) is 0.571. The Morgan fingerprint density at radius 2 is 2.00 bits per heavy atom. The minimum Gasteiger partial charge on any atom is -0.454 e. The van der Waals surface area contributed by atoms with E-state index in [1.807, 2.05) is 6.07 Å². The summed E-state index contributed by atoms with van der Waals surface area (Å²) >= 11 is 0. The number of esters is 1. The summed E-state index contributed by atoms with van der Waals surface area (Å²) in [4.78, 5) is 31.9. The van der Waals surface area contributed by atoms with Gasteiger partial charge in [0.2, 0.25) is 0 Å². The van der Waals surface area contributed by atoms with Crippen molar-refractivity contribution in [2.75, 3.05) is 0 Å². The zero-order valence-electron chi connectivity index (χ0n) is 15.7. The molecule has 0 saturated heterocycles. The standard InChI is InChI=1S/C21H28N2O3/c1-3-4-7-15-10-12-16(13-11-15)21(25)26-14(2)19-22-18-9-6-5-8-17(18)20(24)23-19/h5-6,8-9,14-16H,3-4,7,10-13H2,1-2H3,(H,22,23,24)/t14-,15?,16?/m0/s1. The van der Waals surface area contributed by atoms with Crippen molar-refractivity contribution in [3.63, 3.8) is 0 Å². The summed E-state index contributed by atoms with van der Waals surface area (Å²) in [6, 6.07) is 7.17. The Bertz CT molecular complexity index is 806. The van der Waals surface area contributed by atoms with Crippen LogP contribution in [-0.2, 0) is 9.53 Å². The van der Waals surface area contributed by atoms with Crippen LogP contribution in [0.3, 0.4) is 0 Å². The van der Waals surface area contributed by atoms with Crippen LogP contribution in [-0.4, -0.2) is 15.9 Å². The first-order chi connectivity index (χ1) is 12.6. The number of carbonyl (C=O) groups is 1. The summed E-state index contributed by atoms with van der Waals surface area (Å²) < 4.78 is 5.62. The second-order valence-electron chi connectivity index (χ2n) is 7.41. The number of ether oxygens (including phenoxy) is 1. The molecule has 0 amide bonds. The van der Waals surface area contributed by atoms with E-state index in [4.69, 9.17) is 4.74 Å². The molecule has 2 aromatic rings. The van der Waals surface area contributed by atoms with E-state index in [9.17, 15) is 9.59 Å². The van der Waals surface area contributed by atoms with Crippen molar-refractivity contribution in [3.8, 4) is 0 Å². The second kappa shape index (κ2) is 8.47. The zero-order valence-corrected chi connectivity index (χ0v) is 15.7. The van der Waals surface area contributed by atoms with Crippen LogP contribution >= 0.6 is 0 Å². The molecule has 1 aliphatic carbocycles. The third-order valence-electron chi connectivity index (χ3n) is 5.46. The summed E-state index contributed by atoms with van der Waals surface area (Å²) in [5.41, 5.74) is 0.413. The van der Waals surface area contributed by atoms with Gasteiger partial charge in [-0.05, 0) is 50.7 Å². The first-order valence-electron chi connectivity index (χ1n) is 9.78. The Kier molecular flexibility index (Phi) is 6.07. The van der Waals surface area contributed by atoms with E-state index >= 15 is 0 Å². The molecule has 140 valence electrons. The lowest BCUT2D eigenvalue weighted by molar-refractivity contribution is -0.155. The van der Waals surface area contributed by atoms with Crippen molar-refractivity contribution in [2.24, 2.45) is 11.8 Å². The van der Waals surface area contributed by atoms with Crippen LogP contribution in [0.4, 0.5) is 0 Å². The summed E-state index contributed by atoms with van der Waals surface area (Å²) in [5, 5.41) is 0.542. The molecule has 0 radical (unpaired) electrons. The quantitative estimate of drug-likeness (QED) is 0.772. The Labute approximate surface area is 154 Å². The average Bonchev–Trinajstić information content (AvgIpc) is 2.66. The molecule has 1 aliphatic rings. The van der Waals surface area contributed by atoms with Crippen LogP contribution in [0.2, 0.25) is 0 Å². The molecule has 0 spiro atoms. The van der Waals surface area contributed by atoms with Gasteiger partial charge in [-0.2, -0.15) is 0 Å². The van der Waals surface area contributed by atoms with Crippen LogP contribution in [0.5, 0.6) is 0 Å². The molecule has 1 fully saturated rings. The number of nitrogens with one attached hydrogen (secondary N) is 1. The van der Waals surface area contributed by atoms with Gasteiger partial charge < -0.3 is 9.72 Å². The van der Waals surface area contributed by atoms with E-state index in [1.165, 1.54) is 19.3 Å². The monoisotopic (exact) mass is 356 g/mol. The highest BCUT2D eigenvalue weighted by atomic mass is 16.5. The van der Waals surface area contributed by atoms with Crippen LogP contribution in [0.15, 0.2) is 29.1 Å². The SMILES string of the molecule is CCCCC1CCC(C(=O)O[C@@H](C)c2nc3ccccc3c(=O)[nH]2)CC1. The molecule has 0 aliphatic heterocycles. The van der Waals surface area contributed by atoms with Gasteiger partial charge >= 0.3 is 5.97 Å². The van der Waals surface area contributed by atoms with E-state index in [1.54, 1.807) is 25.1 Å². The van der Waals surface area contributed by atoms with E-state index in [0.29, 0.717) is 16.7 Å². The Morgan fingerprint density at radius 1 is 1.27 bits per heavy atom. The molecule has 1 aromatic heterocycles. The maximum absolute atomic E-state index is 12.5. The third-order valence-corrected chi connectivity index (χ3v) is 5.46. The topological polar surface area (TPSA) is 72.0 Å². The molecule has 1 atom stereocenters. The number of para-hydroxylation sites is 1. The number of benzene rings is 1. The van der Waals surface area contributed by atoms with Crippen molar-refractivity contribution >= 4 is 16.9 Å². The van der Waals surface area contributed by atoms with Crippen molar-refractivity contribution in [3.05, 3.63) is 40.4 Å². The third kappa shape index (κ3) is 4.32. The van der Waals surface area contributed by atoms with E-state index in [-0.39, 0.29) is 17.4 Å². The highest BCUT2D eigenvalue weighted by molar-refractivity contribution is 5.77. The second-order valence-corrected chi connectivity index (χ2v) is 7.41. The Hall–Kier alpha value is -2.17. The Morgan fingerprint density at radius 3 is 2.73 bits per heavy atom. The molecule has 5 nitrogen and oxygen atoms in total. The maximum atomic E-state index is 12.5. The lowest BCUT2D eigenvalue weighted by Crippen LogP contribution is -2.25. The molecule has 1 heterocycles. The van der Waals surface area contributed by atoms with E-state index in [0.717, 1.165) is 31.6 Å². The largest absolute Gasteiger partial charge is 0.454 e. The summed E-state index contributed by atoms with van der Waals surface area (Å²) in [7, 11) is 0. The number of fused-ring (bicyclic) bond motifs is 1. The first-order valence-corrected chi connectivity index (χ1v) is 9.78. The number of aromatic amines is 1. The molecule has 1 N–H and O–H groups in total. The Balaban J connectivity index is 1.60. The molecular weight excluding hydrogens is 328 g/mol. The maximum Gasteiger partial charge on any atom is 0.309 e. The lowest BCUT2D eigenvalue weighted by atomic mass is 9.80. The normalized spacial score (nSPS) is 21.5. The minimum absolute atomic E-state index is 0.0255. The van der Waals surface area contributed by atoms with Gasteiger partial charge in [0.1, 0.15) is 0 Å². The fourth-order valence-corrected chi connectivity index (χ4v) is 3.80. The van der Waals surface area contributed by atoms with Crippen molar-refractivity contribution in [2.45, 2.75) is 64.9 Å². The highest BCUT2D eigenvalue weighted by Crippen LogP contribution is 2.33. The molecule has 1 aromatic carbocycles. The summed E-state index contributed by atoms with van der Waals surface area (Å²) in [6.07, 6.45) is 7.25. The van der Waals surface area contributed by atoms with Crippen molar-refractivity contribution in [1.29, 1.82) is 0 Å². The zero-order chi connectivity index (χ0) is 18.5. The number of unbranched alkanes of at least 4 members (excludes halogenated alkanes) is 1. The number of aromatic nitrogens is 2. The highest BCUT2D eigenvalue weighted by Gasteiger charge is 2.28. The van der Waals surface area contributed by atoms with Gasteiger partial charge in [0.15, 0.2) is 11.9 Å². The van der Waals surface area contributed by atoms with Crippen LogP contribution < -0.4 is 5.56 Å². The predicted molar refractivity (Wildman–Crippen MR) is 102 cm³/mol. The summed E-state index contributed by atoms with van der Waals surface area (Å²) in [6.45, 7) is 3.98. The van der Waals surface area contributed by atoms with Gasteiger partial charge in [-0.25, -0.2) is 4.98 Å². The number of hydrogen-bond acceptors (Lipinski definition) is 4. The number of carbonyl (C=O) groups excluding carboxylic acids is 1. The van der Waals surface area contributed by atoms with Crippen molar-refractivity contribution in [1.82, 2.24) is 9.97 Å². The number of nitrogens with zero attached hydrogens (tertiary/aromatic N) is 1. The summed E-state index contributed by atoms with van der Waals surface area (Å²) in [5.74, 6) is 0.971. The van der Waals surface area contributed by atoms with Gasteiger partial charge in [0.05, 0.1) is 16.8 Å². The molecule has 0 bridgehead atoms. The number of hydrogen-bond donors (Lipinski definition) is 1. The lowest BCUT2D eigenvalue weighted by Gasteiger charge is -2.28. The molecular formula is C21H28N2O3. The molecule has 3 rings (SSSR count). The average molecular weight is 356 g/mol. The van der Waals surface area contributed by atoms with Crippen LogP contribution in [0.1, 0.15) is 70.7 Å². The van der Waals surface area contributed by atoms with Crippen molar-refractivity contribution < 1.29 is 9.53 Å². The number of H-pyrrole nitrogens is 1. The van der Waals surface area contributed by atoms with E-state index < -0.39 is 6.10 Å². The molecule has 0 unspecified atom stereocenters. The predicted octanol–water partition coefficient (Wildman–Crippen LogP) is 4.52. The van der Waals surface area contributed by atoms with E-state index in [2.05, 4.69) is 16.9 Å². The van der Waals surface area contributed by atoms with Gasteiger partial charge in [-0.3, -0.25) is 9.59 Å². The van der Waals surface area contributed by atoms with Crippen LogP contribution in [0, 0.1) is 11.8 Å². The smallest absolute Gasteiger partial charge is 0.309 e. The molecule has 26 heavy (non-hydrogen) atoms. The molecule has 1 saturated carbocycles. The van der Waals surface area contributed by atoms with Gasteiger partial charge in [0.25, 0.3) is 5.56 Å². The van der Waals surface area contributed by atoms with Gasteiger partial charge in [-0.15, -0.1) is 0 Å². The first kappa shape index (κ1) is 18.6. The van der Waals surface area contributed by atoms with Gasteiger partial charge in [-0.1, -0.05) is 38.3 Å². The van der Waals surface area contributed by atoms with Gasteiger partial charge in [0, 0.05) is 0 Å².